The average molecular weight is 229 g/mol. The number of nitrogens with zero attached hydrogens (tertiary/aromatic N) is 2. The highest BCUT2D eigenvalue weighted by atomic mass is 35.5. The van der Waals surface area contributed by atoms with Crippen LogP contribution in [0.15, 0.2) is 12.4 Å². The number of rotatable bonds is 1. The first kappa shape index (κ1) is 9.36. The molecule has 0 radical (unpaired) electrons. The van der Waals surface area contributed by atoms with Gasteiger partial charge in [0.2, 0.25) is 0 Å². The normalized spacial score (nSPS) is 10.4. The van der Waals surface area contributed by atoms with Crippen LogP contribution >= 0.6 is 22.9 Å². The SMILES string of the molecule is COC(=O)c1cc2ncnc(Cl)c2s1. The number of aromatic nitrogens is 2. The summed E-state index contributed by atoms with van der Waals surface area (Å²) in [5.41, 5.74) is 0.662. The molecule has 0 saturated heterocycles. The van der Waals surface area contributed by atoms with Crippen molar-refractivity contribution in [1.29, 1.82) is 0 Å². The molecular formula is C8H5ClN2O2S. The van der Waals surface area contributed by atoms with E-state index in [-0.39, 0.29) is 5.97 Å². The van der Waals surface area contributed by atoms with Crippen LogP contribution in [-0.2, 0) is 4.74 Å². The number of carbonyl (C=O) groups is 1. The van der Waals surface area contributed by atoms with Crippen molar-refractivity contribution in [1.82, 2.24) is 9.97 Å². The third-order valence-corrected chi connectivity index (χ3v) is 3.16. The third kappa shape index (κ3) is 1.44. The van der Waals surface area contributed by atoms with Crippen LogP contribution in [0.3, 0.4) is 0 Å². The molecule has 0 spiro atoms. The third-order valence-electron chi connectivity index (χ3n) is 1.65. The van der Waals surface area contributed by atoms with Crippen molar-refractivity contribution in [3.63, 3.8) is 0 Å². The maximum atomic E-state index is 11.2. The number of fused-ring (bicyclic) bond motifs is 1. The smallest absolute Gasteiger partial charge is 0.348 e. The Morgan fingerprint density at radius 1 is 1.57 bits per heavy atom. The fourth-order valence-corrected chi connectivity index (χ4v) is 2.19. The highest BCUT2D eigenvalue weighted by Crippen LogP contribution is 2.28. The predicted octanol–water partition coefficient (Wildman–Crippen LogP) is 2.13. The van der Waals surface area contributed by atoms with Gasteiger partial charge in [-0.2, -0.15) is 0 Å². The molecule has 2 aromatic heterocycles. The fraction of sp³-hybridized carbons (Fsp3) is 0.125. The number of hydrogen-bond donors (Lipinski definition) is 0. The summed E-state index contributed by atoms with van der Waals surface area (Å²) >= 11 is 7.05. The van der Waals surface area contributed by atoms with Crippen molar-refractivity contribution in [2.75, 3.05) is 7.11 Å². The molecule has 6 heteroatoms. The first-order valence-electron chi connectivity index (χ1n) is 3.70. The zero-order chi connectivity index (χ0) is 10.1. The summed E-state index contributed by atoms with van der Waals surface area (Å²) in [6, 6.07) is 1.64. The number of halogens is 1. The number of hydrogen-bond acceptors (Lipinski definition) is 5. The van der Waals surface area contributed by atoms with Crippen molar-refractivity contribution in [2.24, 2.45) is 0 Å². The second kappa shape index (κ2) is 3.51. The van der Waals surface area contributed by atoms with E-state index in [1.54, 1.807) is 6.07 Å². The van der Waals surface area contributed by atoms with Gasteiger partial charge in [0.1, 0.15) is 16.4 Å². The first-order valence-corrected chi connectivity index (χ1v) is 4.90. The van der Waals surface area contributed by atoms with Crippen molar-refractivity contribution in [3.8, 4) is 0 Å². The van der Waals surface area contributed by atoms with Crippen LogP contribution < -0.4 is 0 Å². The van der Waals surface area contributed by atoms with E-state index in [9.17, 15) is 4.79 Å². The summed E-state index contributed by atoms with van der Waals surface area (Å²) in [5.74, 6) is -0.385. The van der Waals surface area contributed by atoms with Gasteiger partial charge in [-0.15, -0.1) is 11.3 Å². The Morgan fingerprint density at radius 2 is 2.36 bits per heavy atom. The molecule has 0 unspecified atom stereocenters. The molecule has 2 aromatic rings. The Labute approximate surface area is 88.5 Å². The zero-order valence-corrected chi connectivity index (χ0v) is 8.72. The Morgan fingerprint density at radius 3 is 3.00 bits per heavy atom. The second-order valence-electron chi connectivity index (χ2n) is 2.48. The summed E-state index contributed by atoms with van der Waals surface area (Å²) < 4.78 is 5.29. The molecule has 0 atom stereocenters. The van der Waals surface area contributed by atoms with E-state index in [4.69, 9.17) is 11.6 Å². The summed E-state index contributed by atoms with van der Waals surface area (Å²) in [4.78, 5) is 19.5. The Hall–Kier alpha value is -1.20. The lowest BCUT2D eigenvalue weighted by molar-refractivity contribution is 0.0606. The van der Waals surface area contributed by atoms with Crippen molar-refractivity contribution in [3.05, 3.63) is 22.4 Å². The van der Waals surface area contributed by atoms with Gasteiger partial charge in [-0.05, 0) is 6.07 Å². The summed E-state index contributed by atoms with van der Waals surface area (Å²) in [5, 5.41) is 0.357. The van der Waals surface area contributed by atoms with Crippen LogP contribution in [0.1, 0.15) is 9.67 Å². The molecule has 0 N–H and O–H groups in total. The maximum absolute atomic E-state index is 11.2. The van der Waals surface area contributed by atoms with Gasteiger partial charge in [0.15, 0.2) is 0 Å². The van der Waals surface area contributed by atoms with Crippen molar-refractivity contribution < 1.29 is 9.53 Å². The summed E-state index contributed by atoms with van der Waals surface area (Å²) in [6.07, 6.45) is 1.36. The van der Waals surface area contributed by atoms with Crippen LogP contribution in [0, 0.1) is 0 Å². The number of carbonyl (C=O) groups excluding carboxylic acids is 1. The molecule has 14 heavy (non-hydrogen) atoms. The molecule has 0 aliphatic heterocycles. The standard InChI is InChI=1S/C8H5ClN2O2S/c1-13-8(12)5-2-4-6(14-5)7(9)11-3-10-4/h2-3H,1H3. The first-order chi connectivity index (χ1) is 6.72. The van der Waals surface area contributed by atoms with Crippen LogP contribution in [0.2, 0.25) is 5.15 Å². The largest absolute Gasteiger partial charge is 0.465 e. The predicted molar refractivity (Wildman–Crippen MR) is 53.8 cm³/mol. The molecule has 0 bridgehead atoms. The monoisotopic (exact) mass is 228 g/mol. The fourth-order valence-electron chi connectivity index (χ4n) is 1.03. The summed E-state index contributed by atoms with van der Waals surface area (Å²) in [7, 11) is 1.33. The molecule has 0 amide bonds. The van der Waals surface area contributed by atoms with Crippen LogP contribution in [0.4, 0.5) is 0 Å². The molecule has 2 heterocycles. The molecule has 0 aliphatic rings. The van der Waals surface area contributed by atoms with Gasteiger partial charge in [-0.25, -0.2) is 14.8 Å². The number of thiophene rings is 1. The van der Waals surface area contributed by atoms with E-state index >= 15 is 0 Å². The molecule has 0 fully saturated rings. The molecule has 72 valence electrons. The highest BCUT2D eigenvalue weighted by Gasteiger charge is 2.12. The molecule has 4 nitrogen and oxygen atoms in total. The van der Waals surface area contributed by atoms with Crippen LogP contribution in [0.5, 0.6) is 0 Å². The van der Waals surface area contributed by atoms with E-state index in [0.717, 1.165) is 0 Å². The lowest BCUT2D eigenvalue weighted by Crippen LogP contribution is -1.96. The van der Waals surface area contributed by atoms with Gasteiger partial charge >= 0.3 is 5.97 Å². The van der Waals surface area contributed by atoms with E-state index in [1.165, 1.54) is 24.8 Å². The minimum absolute atomic E-state index is 0.357. The lowest BCUT2D eigenvalue weighted by atomic mass is 10.4. The minimum atomic E-state index is -0.385. The molecule has 2 rings (SSSR count). The van der Waals surface area contributed by atoms with Gasteiger partial charge in [0.05, 0.1) is 17.3 Å². The Kier molecular flexibility index (Phi) is 2.35. The van der Waals surface area contributed by atoms with Gasteiger partial charge in [0.25, 0.3) is 0 Å². The average Bonchev–Trinajstić information content (AvgIpc) is 2.62. The van der Waals surface area contributed by atoms with Gasteiger partial charge in [-0.3, -0.25) is 0 Å². The van der Waals surface area contributed by atoms with Gasteiger partial charge in [-0.1, -0.05) is 11.6 Å². The van der Waals surface area contributed by atoms with E-state index in [2.05, 4.69) is 14.7 Å². The van der Waals surface area contributed by atoms with Crippen LogP contribution in [0.25, 0.3) is 10.2 Å². The zero-order valence-electron chi connectivity index (χ0n) is 7.15. The van der Waals surface area contributed by atoms with E-state index in [0.29, 0.717) is 20.2 Å². The van der Waals surface area contributed by atoms with E-state index in [1.807, 2.05) is 0 Å². The molecule has 0 aromatic carbocycles. The van der Waals surface area contributed by atoms with Gasteiger partial charge < -0.3 is 4.74 Å². The van der Waals surface area contributed by atoms with Crippen LogP contribution in [-0.4, -0.2) is 23.0 Å². The van der Waals surface area contributed by atoms with Crippen molar-refractivity contribution >= 4 is 39.1 Å². The van der Waals surface area contributed by atoms with Gasteiger partial charge in [0, 0.05) is 0 Å². The molecule has 0 saturated carbocycles. The maximum Gasteiger partial charge on any atom is 0.348 e. The van der Waals surface area contributed by atoms with Crippen molar-refractivity contribution in [2.45, 2.75) is 0 Å². The number of esters is 1. The molecule has 0 aliphatic carbocycles. The summed E-state index contributed by atoms with van der Waals surface area (Å²) in [6.45, 7) is 0. The second-order valence-corrected chi connectivity index (χ2v) is 3.89. The van der Waals surface area contributed by atoms with E-state index < -0.39 is 0 Å². The quantitative estimate of drug-likeness (QED) is 0.554. The Balaban J connectivity index is 2.62. The molecular weight excluding hydrogens is 224 g/mol. The highest BCUT2D eigenvalue weighted by molar-refractivity contribution is 7.21. The number of ether oxygens (including phenoxy) is 1. The topological polar surface area (TPSA) is 52.1 Å². The lowest BCUT2D eigenvalue weighted by Gasteiger charge is -1.90. The Bertz CT molecular complexity index is 497. The number of methoxy groups -OCH3 is 1. The minimum Gasteiger partial charge on any atom is -0.465 e.